The molecule has 4 nitrogen and oxygen atoms in total. The van der Waals surface area contributed by atoms with E-state index in [1.807, 2.05) is 4.90 Å². The second-order valence-corrected chi connectivity index (χ2v) is 5.33. The SMILES string of the molecule is O=C(O)C1CCN(C(=O)CCC2CCC2)CC1. The molecule has 0 unspecified atom stereocenters. The first kappa shape index (κ1) is 12.4. The van der Waals surface area contributed by atoms with Gasteiger partial charge in [-0.25, -0.2) is 0 Å². The van der Waals surface area contributed by atoms with Gasteiger partial charge >= 0.3 is 5.97 Å². The van der Waals surface area contributed by atoms with Gasteiger partial charge in [0, 0.05) is 19.5 Å². The Labute approximate surface area is 102 Å². The Balaban J connectivity index is 1.68. The maximum atomic E-state index is 11.9. The number of nitrogens with zero attached hydrogens (tertiary/aromatic N) is 1. The van der Waals surface area contributed by atoms with E-state index in [-0.39, 0.29) is 11.8 Å². The van der Waals surface area contributed by atoms with Crippen LogP contribution in [0.5, 0.6) is 0 Å². The molecule has 0 aromatic rings. The molecule has 1 heterocycles. The average molecular weight is 239 g/mol. The minimum atomic E-state index is -0.716. The van der Waals surface area contributed by atoms with Gasteiger partial charge in [-0.1, -0.05) is 19.3 Å². The molecule has 0 spiro atoms. The third kappa shape index (κ3) is 3.20. The van der Waals surface area contributed by atoms with Crippen molar-refractivity contribution in [2.75, 3.05) is 13.1 Å². The van der Waals surface area contributed by atoms with Crippen LogP contribution >= 0.6 is 0 Å². The summed E-state index contributed by atoms with van der Waals surface area (Å²) in [5.74, 6) is 0.0356. The fourth-order valence-electron chi connectivity index (χ4n) is 2.64. The molecule has 0 aromatic heterocycles. The third-order valence-corrected chi connectivity index (χ3v) is 4.19. The zero-order chi connectivity index (χ0) is 12.3. The first-order valence-corrected chi connectivity index (χ1v) is 6.67. The standard InChI is InChI=1S/C13H21NO3/c15-12(5-4-10-2-1-3-10)14-8-6-11(7-9-14)13(16)17/h10-11H,1-9H2,(H,16,17). The molecule has 96 valence electrons. The second-order valence-electron chi connectivity index (χ2n) is 5.33. The number of carboxylic acids is 1. The minimum absolute atomic E-state index is 0.223. The molecule has 4 heteroatoms. The van der Waals surface area contributed by atoms with Crippen molar-refractivity contribution in [3.05, 3.63) is 0 Å². The topological polar surface area (TPSA) is 57.6 Å². The molecule has 0 radical (unpaired) electrons. The van der Waals surface area contributed by atoms with Gasteiger partial charge in [0.25, 0.3) is 0 Å². The Hall–Kier alpha value is -1.06. The van der Waals surface area contributed by atoms with Crippen LogP contribution in [0.3, 0.4) is 0 Å². The summed E-state index contributed by atoms with van der Waals surface area (Å²) < 4.78 is 0. The van der Waals surface area contributed by atoms with Crippen molar-refractivity contribution in [2.45, 2.75) is 44.9 Å². The Kier molecular flexibility index (Phi) is 4.02. The molecule has 17 heavy (non-hydrogen) atoms. The summed E-state index contributed by atoms with van der Waals surface area (Å²) in [5, 5.41) is 8.88. The zero-order valence-electron chi connectivity index (χ0n) is 10.2. The molecular weight excluding hydrogens is 218 g/mol. The molecule has 0 aromatic carbocycles. The van der Waals surface area contributed by atoms with Crippen LogP contribution in [0.25, 0.3) is 0 Å². The fraction of sp³-hybridized carbons (Fsp3) is 0.846. The highest BCUT2D eigenvalue weighted by Crippen LogP contribution is 2.30. The number of hydrogen-bond acceptors (Lipinski definition) is 2. The lowest BCUT2D eigenvalue weighted by molar-refractivity contribution is -0.145. The molecule has 1 aliphatic heterocycles. The Morgan fingerprint density at radius 2 is 1.76 bits per heavy atom. The van der Waals surface area contributed by atoms with Crippen LogP contribution in [-0.2, 0) is 9.59 Å². The first-order valence-electron chi connectivity index (χ1n) is 6.67. The Morgan fingerprint density at radius 3 is 2.24 bits per heavy atom. The molecule has 0 bridgehead atoms. The van der Waals surface area contributed by atoms with E-state index in [1.165, 1.54) is 19.3 Å². The van der Waals surface area contributed by atoms with Gasteiger partial charge in [0.2, 0.25) is 5.91 Å². The number of carbonyl (C=O) groups is 2. The van der Waals surface area contributed by atoms with Gasteiger partial charge in [0.15, 0.2) is 0 Å². The summed E-state index contributed by atoms with van der Waals surface area (Å²) in [6, 6.07) is 0. The molecule has 1 aliphatic carbocycles. The predicted octanol–water partition coefficient (Wildman–Crippen LogP) is 1.89. The third-order valence-electron chi connectivity index (χ3n) is 4.19. The van der Waals surface area contributed by atoms with Gasteiger partial charge in [-0.15, -0.1) is 0 Å². The van der Waals surface area contributed by atoms with Crippen LogP contribution in [0.4, 0.5) is 0 Å². The number of aliphatic carboxylic acids is 1. The number of piperidine rings is 1. The Bertz CT molecular complexity index is 291. The highest BCUT2D eigenvalue weighted by atomic mass is 16.4. The molecule has 2 rings (SSSR count). The maximum absolute atomic E-state index is 11.9. The van der Waals surface area contributed by atoms with Crippen molar-refractivity contribution in [3.8, 4) is 0 Å². The van der Waals surface area contributed by atoms with Crippen LogP contribution in [-0.4, -0.2) is 35.0 Å². The van der Waals surface area contributed by atoms with E-state index in [2.05, 4.69) is 0 Å². The van der Waals surface area contributed by atoms with E-state index in [0.717, 1.165) is 12.3 Å². The largest absolute Gasteiger partial charge is 0.481 e. The van der Waals surface area contributed by atoms with Crippen molar-refractivity contribution < 1.29 is 14.7 Å². The number of likely N-dealkylation sites (tertiary alicyclic amines) is 1. The van der Waals surface area contributed by atoms with E-state index in [4.69, 9.17) is 5.11 Å². The predicted molar refractivity (Wildman–Crippen MR) is 63.5 cm³/mol. The number of hydrogen-bond donors (Lipinski definition) is 1. The average Bonchev–Trinajstić information content (AvgIpc) is 2.27. The first-order chi connectivity index (χ1) is 8.16. The highest BCUT2D eigenvalue weighted by Gasteiger charge is 2.27. The number of rotatable bonds is 4. The molecular formula is C13H21NO3. The quantitative estimate of drug-likeness (QED) is 0.815. The minimum Gasteiger partial charge on any atom is -0.481 e. The van der Waals surface area contributed by atoms with Gasteiger partial charge in [0.1, 0.15) is 0 Å². The van der Waals surface area contributed by atoms with Crippen molar-refractivity contribution in [1.82, 2.24) is 4.90 Å². The summed E-state index contributed by atoms with van der Waals surface area (Å²) in [4.78, 5) is 24.5. The van der Waals surface area contributed by atoms with Crippen molar-refractivity contribution >= 4 is 11.9 Å². The van der Waals surface area contributed by atoms with Gasteiger partial charge in [-0.3, -0.25) is 9.59 Å². The van der Waals surface area contributed by atoms with Crippen LogP contribution in [0, 0.1) is 11.8 Å². The number of carbonyl (C=O) groups excluding carboxylic acids is 1. The summed E-state index contributed by atoms with van der Waals surface area (Å²) in [7, 11) is 0. The van der Waals surface area contributed by atoms with Crippen molar-refractivity contribution in [3.63, 3.8) is 0 Å². The molecule has 2 aliphatic rings. The molecule has 1 saturated carbocycles. The van der Waals surface area contributed by atoms with Gasteiger partial charge < -0.3 is 10.0 Å². The number of carboxylic acid groups (broad SMARTS) is 1. The van der Waals surface area contributed by atoms with E-state index in [1.54, 1.807) is 0 Å². The van der Waals surface area contributed by atoms with Crippen LogP contribution < -0.4 is 0 Å². The molecule has 0 atom stereocenters. The molecule has 2 fully saturated rings. The van der Waals surface area contributed by atoms with Crippen LogP contribution in [0.15, 0.2) is 0 Å². The summed E-state index contributed by atoms with van der Waals surface area (Å²) in [6.45, 7) is 1.25. The Morgan fingerprint density at radius 1 is 1.12 bits per heavy atom. The monoisotopic (exact) mass is 239 g/mol. The maximum Gasteiger partial charge on any atom is 0.306 e. The van der Waals surface area contributed by atoms with E-state index >= 15 is 0 Å². The summed E-state index contributed by atoms with van der Waals surface area (Å²) in [5.41, 5.74) is 0. The smallest absolute Gasteiger partial charge is 0.306 e. The van der Waals surface area contributed by atoms with Gasteiger partial charge in [-0.05, 0) is 25.2 Å². The van der Waals surface area contributed by atoms with Crippen LogP contribution in [0.2, 0.25) is 0 Å². The second kappa shape index (κ2) is 5.52. The van der Waals surface area contributed by atoms with E-state index < -0.39 is 5.97 Å². The summed E-state index contributed by atoms with van der Waals surface area (Å²) >= 11 is 0. The molecule has 1 saturated heterocycles. The van der Waals surface area contributed by atoms with Gasteiger partial charge in [0.05, 0.1) is 5.92 Å². The van der Waals surface area contributed by atoms with Crippen molar-refractivity contribution in [1.29, 1.82) is 0 Å². The normalized spacial score (nSPS) is 22.2. The molecule has 1 N–H and O–H groups in total. The van der Waals surface area contributed by atoms with Crippen molar-refractivity contribution in [2.24, 2.45) is 11.8 Å². The van der Waals surface area contributed by atoms with Gasteiger partial charge in [-0.2, -0.15) is 0 Å². The fourth-order valence-corrected chi connectivity index (χ4v) is 2.64. The number of amides is 1. The molecule has 1 amide bonds. The summed E-state index contributed by atoms with van der Waals surface area (Å²) in [6.07, 6.45) is 6.81. The van der Waals surface area contributed by atoms with E-state index in [0.29, 0.717) is 32.4 Å². The zero-order valence-corrected chi connectivity index (χ0v) is 10.2. The lowest BCUT2D eigenvalue weighted by Crippen LogP contribution is -2.40. The lowest BCUT2D eigenvalue weighted by Gasteiger charge is -2.31. The highest BCUT2D eigenvalue weighted by molar-refractivity contribution is 5.77. The van der Waals surface area contributed by atoms with E-state index in [9.17, 15) is 9.59 Å². The lowest BCUT2D eigenvalue weighted by atomic mass is 9.82. The van der Waals surface area contributed by atoms with Crippen LogP contribution in [0.1, 0.15) is 44.9 Å².